The Kier molecular flexibility index (Phi) is 7.16. The van der Waals surface area contributed by atoms with Crippen LogP contribution in [0, 0.1) is 0 Å². The van der Waals surface area contributed by atoms with Gasteiger partial charge in [0.2, 0.25) is 5.91 Å². The Bertz CT molecular complexity index is 771. The average Bonchev–Trinajstić information content (AvgIpc) is 2.65. The van der Waals surface area contributed by atoms with E-state index in [4.69, 9.17) is 9.47 Å². The molecule has 0 aliphatic rings. The number of rotatable bonds is 8. The van der Waals surface area contributed by atoms with Gasteiger partial charge >= 0.3 is 0 Å². The molecule has 0 aliphatic heterocycles. The van der Waals surface area contributed by atoms with Crippen molar-refractivity contribution in [2.24, 2.45) is 0 Å². The molecule has 2 aromatic carbocycles. The quantitative estimate of drug-likeness (QED) is 0.426. The van der Waals surface area contributed by atoms with Gasteiger partial charge in [-0.3, -0.25) is 4.79 Å². The highest BCUT2D eigenvalue weighted by molar-refractivity contribution is 7.99. The second kappa shape index (κ2) is 9.59. The third-order valence-corrected chi connectivity index (χ3v) is 4.42. The van der Waals surface area contributed by atoms with Gasteiger partial charge in [0.25, 0.3) is 0 Å². The molecule has 0 aliphatic carbocycles. The van der Waals surface area contributed by atoms with E-state index in [1.54, 1.807) is 38.1 Å². The zero-order valence-electron chi connectivity index (χ0n) is 14.3. The first-order valence-electron chi connectivity index (χ1n) is 7.71. The van der Waals surface area contributed by atoms with Crippen molar-refractivity contribution in [3.05, 3.63) is 66.8 Å². The number of carbonyl (C=O) groups is 1. The van der Waals surface area contributed by atoms with E-state index in [0.717, 1.165) is 21.9 Å². The van der Waals surface area contributed by atoms with Crippen molar-refractivity contribution in [3.63, 3.8) is 0 Å². The van der Waals surface area contributed by atoms with Crippen LogP contribution in [-0.4, -0.2) is 25.9 Å². The van der Waals surface area contributed by atoms with Crippen molar-refractivity contribution in [2.75, 3.05) is 25.3 Å². The van der Waals surface area contributed by atoms with Gasteiger partial charge in [0.15, 0.2) is 0 Å². The zero-order chi connectivity index (χ0) is 18.1. The van der Waals surface area contributed by atoms with Crippen LogP contribution in [0.5, 0.6) is 11.5 Å². The number of thioether (sulfide) groups is 1. The maximum absolute atomic E-state index is 12.3. The summed E-state index contributed by atoms with van der Waals surface area (Å²) >= 11 is 1.62. The first-order chi connectivity index (χ1) is 12.2. The number of hydrogen-bond donors (Lipinski definition) is 1. The van der Waals surface area contributed by atoms with Crippen molar-refractivity contribution >= 4 is 29.4 Å². The first kappa shape index (κ1) is 18.7. The molecule has 0 radical (unpaired) electrons. The van der Waals surface area contributed by atoms with Gasteiger partial charge in [-0.05, 0) is 36.4 Å². The summed E-state index contributed by atoms with van der Waals surface area (Å²) in [5.74, 6) is 1.94. The molecule has 2 aromatic rings. The number of methoxy groups -OCH3 is 2. The fourth-order valence-electron chi connectivity index (χ4n) is 2.15. The van der Waals surface area contributed by atoms with Gasteiger partial charge < -0.3 is 14.8 Å². The van der Waals surface area contributed by atoms with Gasteiger partial charge in [-0.15, -0.1) is 18.3 Å². The lowest BCUT2D eigenvalue weighted by atomic mass is 10.1. The fraction of sp³-hybridized carbons (Fsp3) is 0.150. The zero-order valence-corrected chi connectivity index (χ0v) is 15.1. The van der Waals surface area contributed by atoms with Crippen LogP contribution in [0.25, 0.3) is 6.08 Å². The summed E-state index contributed by atoms with van der Waals surface area (Å²) in [6.45, 7) is 3.72. The summed E-state index contributed by atoms with van der Waals surface area (Å²) in [5.41, 5.74) is 1.55. The third-order valence-electron chi connectivity index (χ3n) is 3.35. The van der Waals surface area contributed by atoms with E-state index in [9.17, 15) is 4.79 Å². The van der Waals surface area contributed by atoms with Crippen molar-refractivity contribution < 1.29 is 14.3 Å². The van der Waals surface area contributed by atoms with E-state index in [1.807, 2.05) is 42.5 Å². The number of para-hydroxylation sites is 1. The minimum atomic E-state index is -0.212. The van der Waals surface area contributed by atoms with Gasteiger partial charge in [0.05, 0.1) is 19.9 Å². The molecule has 0 unspecified atom stereocenters. The molecule has 5 heteroatoms. The van der Waals surface area contributed by atoms with Gasteiger partial charge in [-0.2, -0.15) is 0 Å². The maximum Gasteiger partial charge on any atom is 0.248 e. The Labute approximate surface area is 152 Å². The highest BCUT2D eigenvalue weighted by Gasteiger charge is 2.06. The van der Waals surface area contributed by atoms with E-state index in [-0.39, 0.29) is 5.91 Å². The predicted molar refractivity (Wildman–Crippen MR) is 105 cm³/mol. The molecule has 0 bridgehead atoms. The Balaban J connectivity index is 2.13. The lowest BCUT2D eigenvalue weighted by molar-refractivity contribution is -0.111. The summed E-state index contributed by atoms with van der Waals surface area (Å²) < 4.78 is 10.5. The SMILES string of the molecule is C=CCSc1ccccc1NC(=O)/C=C/c1cc(OC)ccc1OC. The number of amides is 1. The number of nitrogens with one attached hydrogen (secondary N) is 1. The molecule has 1 amide bonds. The van der Waals surface area contributed by atoms with E-state index < -0.39 is 0 Å². The molecule has 25 heavy (non-hydrogen) atoms. The van der Waals surface area contributed by atoms with E-state index in [1.165, 1.54) is 6.08 Å². The topological polar surface area (TPSA) is 47.6 Å². The highest BCUT2D eigenvalue weighted by atomic mass is 32.2. The number of anilines is 1. The van der Waals surface area contributed by atoms with Crippen LogP contribution in [0.2, 0.25) is 0 Å². The molecule has 0 heterocycles. The molecular formula is C20H21NO3S. The number of hydrogen-bond acceptors (Lipinski definition) is 4. The van der Waals surface area contributed by atoms with Crippen LogP contribution >= 0.6 is 11.8 Å². The largest absolute Gasteiger partial charge is 0.497 e. The minimum Gasteiger partial charge on any atom is -0.497 e. The molecular weight excluding hydrogens is 334 g/mol. The Morgan fingerprint density at radius 2 is 2.00 bits per heavy atom. The Hall–Kier alpha value is -2.66. The van der Waals surface area contributed by atoms with Crippen LogP contribution in [0.3, 0.4) is 0 Å². The van der Waals surface area contributed by atoms with Crippen LogP contribution in [0.15, 0.2) is 66.1 Å². The summed E-state index contributed by atoms with van der Waals surface area (Å²) in [7, 11) is 3.19. The molecule has 0 atom stereocenters. The van der Waals surface area contributed by atoms with Gasteiger partial charge in [0.1, 0.15) is 11.5 Å². The molecule has 0 saturated carbocycles. The second-order valence-corrected chi connectivity index (χ2v) is 6.09. The van der Waals surface area contributed by atoms with Gasteiger partial charge in [-0.1, -0.05) is 18.2 Å². The highest BCUT2D eigenvalue weighted by Crippen LogP contribution is 2.27. The van der Waals surface area contributed by atoms with Crippen LogP contribution in [0.1, 0.15) is 5.56 Å². The summed E-state index contributed by atoms with van der Waals surface area (Å²) in [6.07, 6.45) is 5.01. The molecule has 2 rings (SSSR count). The second-order valence-electron chi connectivity index (χ2n) is 5.03. The van der Waals surface area contributed by atoms with Crippen molar-refractivity contribution in [2.45, 2.75) is 4.90 Å². The molecule has 0 spiro atoms. The van der Waals surface area contributed by atoms with Crippen molar-refractivity contribution in [1.82, 2.24) is 0 Å². The average molecular weight is 355 g/mol. The minimum absolute atomic E-state index is 0.212. The Morgan fingerprint density at radius 1 is 1.20 bits per heavy atom. The summed E-state index contributed by atoms with van der Waals surface area (Å²) in [5, 5.41) is 2.90. The molecule has 1 N–H and O–H groups in total. The molecule has 130 valence electrons. The van der Waals surface area contributed by atoms with Gasteiger partial charge in [0, 0.05) is 22.3 Å². The van der Waals surface area contributed by atoms with Crippen LogP contribution in [0.4, 0.5) is 5.69 Å². The van der Waals surface area contributed by atoms with Crippen LogP contribution < -0.4 is 14.8 Å². The predicted octanol–water partition coefficient (Wildman–Crippen LogP) is 4.63. The van der Waals surface area contributed by atoms with Gasteiger partial charge in [-0.25, -0.2) is 0 Å². The molecule has 0 fully saturated rings. The smallest absolute Gasteiger partial charge is 0.248 e. The number of carbonyl (C=O) groups excluding carboxylic acids is 1. The lowest BCUT2D eigenvalue weighted by Crippen LogP contribution is -2.08. The monoisotopic (exact) mass is 355 g/mol. The number of benzene rings is 2. The summed E-state index contributed by atoms with van der Waals surface area (Å²) in [6, 6.07) is 13.1. The first-order valence-corrected chi connectivity index (χ1v) is 8.70. The number of ether oxygens (including phenoxy) is 2. The molecule has 4 nitrogen and oxygen atoms in total. The standard InChI is InChI=1S/C20H21NO3S/c1-4-13-25-19-8-6-5-7-17(19)21-20(22)12-9-15-14-16(23-2)10-11-18(15)24-3/h4-12,14H,1,13H2,2-3H3,(H,21,22)/b12-9+. The molecule has 0 aromatic heterocycles. The third kappa shape index (κ3) is 5.43. The Morgan fingerprint density at radius 3 is 2.72 bits per heavy atom. The van der Waals surface area contributed by atoms with Crippen LogP contribution in [-0.2, 0) is 4.79 Å². The fourth-order valence-corrected chi connectivity index (χ4v) is 2.90. The molecule has 0 saturated heterocycles. The maximum atomic E-state index is 12.3. The van der Waals surface area contributed by atoms with E-state index in [0.29, 0.717) is 11.5 Å². The van der Waals surface area contributed by atoms with E-state index >= 15 is 0 Å². The normalized spacial score (nSPS) is 10.5. The summed E-state index contributed by atoms with van der Waals surface area (Å²) in [4.78, 5) is 13.3. The van der Waals surface area contributed by atoms with Crippen molar-refractivity contribution in [1.29, 1.82) is 0 Å². The lowest BCUT2D eigenvalue weighted by Gasteiger charge is -2.09. The van der Waals surface area contributed by atoms with Crippen molar-refractivity contribution in [3.8, 4) is 11.5 Å². The van der Waals surface area contributed by atoms with E-state index in [2.05, 4.69) is 11.9 Å².